The lowest BCUT2D eigenvalue weighted by Crippen LogP contribution is -2.14. The van der Waals surface area contributed by atoms with E-state index in [9.17, 15) is 13.6 Å². The molecule has 4 heteroatoms. The molecule has 112 valence electrons. The maximum absolute atomic E-state index is 13.7. The lowest BCUT2D eigenvalue weighted by molar-refractivity contribution is 0.102. The second-order valence-corrected chi connectivity index (χ2v) is 5.16. The van der Waals surface area contributed by atoms with Crippen molar-refractivity contribution < 1.29 is 18.3 Å². The molecule has 22 heavy (non-hydrogen) atoms. The van der Waals surface area contributed by atoms with Crippen LogP contribution in [0.4, 0.5) is 8.78 Å². The number of Topliss-reactive ketones (excluding diaryl/α,β-unsaturated/α-hetero) is 1. The van der Waals surface area contributed by atoms with Crippen molar-refractivity contribution in [2.45, 2.75) is 12.8 Å². The molecular weight excluding hydrogens is 286 g/mol. The molecule has 0 fully saturated rings. The zero-order valence-electron chi connectivity index (χ0n) is 12.0. The highest BCUT2D eigenvalue weighted by molar-refractivity contribution is 6.13. The van der Waals surface area contributed by atoms with Gasteiger partial charge < -0.3 is 4.74 Å². The van der Waals surface area contributed by atoms with E-state index in [4.69, 9.17) is 4.74 Å². The first kappa shape index (κ1) is 14.4. The molecule has 1 aliphatic rings. The number of rotatable bonds is 2. The van der Waals surface area contributed by atoms with Gasteiger partial charge in [-0.2, -0.15) is 0 Å². The molecule has 2 nitrogen and oxygen atoms in total. The largest absolute Gasteiger partial charge is 0.497 e. The number of hydrogen-bond donors (Lipinski definition) is 0. The van der Waals surface area contributed by atoms with Crippen molar-refractivity contribution in [2.75, 3.05) is 7.11 Å². The Morgan fingerprint density at radius 2 is 1.95 bits per heavy atom. The molecule has 0 aromatic heterocycles. The molecule has 0 atom stereocenters. The Morgan fingerprint density at radius 1 is 1.14 bits per heavy atom. The molecule has 0 bridgehead atoms. The highest BCUT2D eigenvalue weighted by atomic mass is 19.2. The van der Waals surface area contributed by atoms with Crippen molar-refractivity contribution in [3.8, 4) is 5.75 Å². The van der Waals surface area contributed by atoms with Gasteiger partial charge in [-0.25, -0.2) is 8.78 Å². The molecule has 0 radical (unpaired) electrons. The normalized spacial score (nSPS) is 15.8. The molecule has 0 unspecified atom stereocenters. The first-order chi connectivity index (χ1) is 10.6. The van der Waals surface area contributed by atoms with Crippen molar-refractivity contribution in [3.05, 3.63) is 70.3 Å². The number of aryl methyl sites for hydroxylation is 1. The zero-order chi connectivity index (χ0) is 15.7. The van der Waals surface area contributed by atoms with E-state index in [1.54, 1.807) is 19.2 Å². The average molecular weight is 300 g/mol. The fourth-order valence-corrected chi connectivity index (χ4v) is 2.64. The minimum atomic E-state index is -0.927. The molecule has 1 aliphatic carbocycles. The lowest BCUT2D eigenvalue weighted by atomic mass is 9.86. The summed E-state index contributed by atoms with van der Waals surface area (Å²) in [6.07, 6.45) is 2.60. The third-order valence-corrected chi connectivity index (χ3v) is 3.82. The van der Waals surface area contributed by atoms with Gasteiger partial charge in [-0.15, -0.1) is 0 Å². The number of ketones is 1. The molecule has 3 rings (SSSR count). The fourth-order valence-electron chi connectivity index (χ4n) is 2.64. The summed E-state index contributed by atoms with van der Waals surface area (Å²) in [5.74, 6) is -1.28. The highest BCUT2D eigenvalue weighted by Crippen LogP contribution is 2.29. The Bertz CT molecular complexity index is 779. The molecule has 2 aromatic rings. The molecule has 0 saturated heterocycles. The predicted molar refractivity (Wildman–Crippen MR) is 80.0 cm³/mol. The van der Waals surface area contributed by atoms with Crippen molar-refractivity contribution in [1.29, 1.82) is 0 Å². The molecule has 0 saturated carbocycles. The van der Waals surface area contributed by atoms with E-state index >= 15 is 0 Å². The minimum absolute atomic E-state index is 0.0975. The zero-order valence-corrected chi connectivity index (χ0v) is 12.0. The SMILES string of the molecule is COc1ccc2c(c1)CCC(=Cc1cccc(F)c1F)C2=O. The highest BCUT2D eigenvalue weighted by Gasteiger charge is 2.22. The number of hydrogen-bond acceptors (Lipinski definition) is 2. The number of ether oxygens (including phenoxy) is 1. The summed E-state index contributed by atoms with van der Waals surface area (Å²) in [5, 5.41) is 0. The topological polar surface area (TPSA) is 26.3 Å². The average Bonchev–Trinajstić information content (AvgIpc) is 2.54. The van der Waals surface area contributed by atoms with Crippen LogP contribution in [0.25, 0.3) is 6.08 Å². The van der Waals surface area contributed by atoms with Crippen LogP contribution in [0.3, 0.4) is 0 Å². The van der Waals surface area contributed by atoms with Gasteiger partial charge in [0.25, 0.3) is 0 Å². The van der Waals surface area contributed by atoms with Gasteiger partial charge in [0.15, 0.2) is 17.4 Å². The Kier molecular flexibility index (Phi) is 3.75. The van der Waals surface area contributed by atoms with Crippen LogP contribution in [0.1, 0.15) is 27.9 Å². The number of halogens is 2. The second kappa shape index (κ2) is 5.72. The van der Waals surface area contributed by atoms with Crippen molar-refractivity contribution >= 4 is 11.9 Å². The van der Waals surface area contributed by atoms with E-state index < -0.39 is 11.6 Å². The summed E-state index contributed by atoms with van der Waals surface area (Å²) in [6.45, 7) is 0. The molecule has 2 aromatic carbocycles. The minimum Gasteiger partial charge on any atom is -0.497 e. The van der Waals surface area contributed by atoms with Crippen LogP contribution in [-0.4, -0.2) is 12.9 Å². The van der Waals surface area contributed by atoms with Crippen LogP contribution in [0.15, 0.2) is 42.0 Å². The number of benzene rings is 2. The standard InChI is InChI=1S/C18H14F2O2/c1-22-14-7-8-15-11(10-14)5-6-13(18(15)21)9-12-3-2-4-16(19)17(12)20/h2-4,7-10H,5-6H2,1H3. The lowest BCUT2D eigenvalue weighted by Gasteiger charge is -2.18. The molecule has 0 heterocycles. The summed E-state index contributed by atoms with van der Waals surface area (Å²) in [5.41, 5.74) is 2.10. The van der Waals surface area contributed by atoms with Gasteiger partial charge in [-0.1, -0.05) is 12.1 Å². The number of fused-ring (bicyclic) bond motifs is 1. The quantitative estimate of drug-likeness (QED) is 0.778. The van der Waals surface area contributed by atoms with Crippen molar-refractivity contribution in [2.24, 2.45) is 0 Å². The Morgan fingerprint density at radius 3 is 2.73 bits per heavy atom. The maximum atomic E-state index is 13.7. The van der Waals surface area contributed by atoms with Gasteiger partial charge in [0, 0.05) is 16.7 Å². The Labute approximate surface area is 127 Å². The van der Waals surface area contributed by atoms with Crippen LogP contribution in [-0.2, 0) is 6.42 Å². The fraction of sp³-hybridized carbons (Fsp3) is 0.167. The van der Waals surface area contributed by atoms with E-state index in [-0.39, 0.29) is 11.3 Å². The summed E-state index contributed by atoms with van der Waals surface area (Å²) >= 11 is 0. The van der Waals surface area contributed by atoms with E-state index in [1.165, 1.54) is 18.2 Å². The molecule has 0 aliphatic heterocycles. The molecular formula is C18H14F2O2. The first-order valence-corrected chi connectivity index (χ1v) is 6.96. The third-order valence-electron chi connectivity index (χ3n) is 3.82. The van der Waals surface area contributed by atoms with Gasteiger partial charge in [-0.05, 0) is 48.7 Å². The van der Waals surface area contributed by atoms with Crippen molar-refractivity contribution in [3.63, 3.8) is 0 Å². The number of methoxy groups -OCH3 is 1. The summed E-state index contributed by atoms with van der Waals surface area (Å²) in [4.78, 5) is 12.5. The predicted octanol–water partition coefficient (Wildman–Crippen LogP) is 4.19. The van der Waals surface area contributed by atoms with Gasteiger partial charge in [0.1, 0.15) is 5.75 Å². The van der Waals surface area contributed by atoms with Gasteiger partial charge in [0.05, 0.1) is 7.11 Å². The Balaban J connectivity index is 1.99. The van der Waals surface area contributed by atoms with Crippen LogP contribution in [0.2, 0.25) is 0 Å². The number of carbonyl (C=O) groups is 1. The maximum Gasteiger partial charge on any atom is 0.189 e. The van der Waals surface area contributed by atoms with E-state index in [0.29, 0.717) is 29.7 Å². The Hall–Kier alpha value is -2.49. The van der Waals surface area contributed by atoms with E-state index in [2.05, 4.69) is 0 Å². The van der Waals surface area contributed by atoms with Gasteiger partial charge in [-0.3, -0.25) is 4.79 Å². The van der Waals surface area contributed by atoms with Crippen LogP contribution in [0, 0.1) is 11.6 Å². The third kappa shape index (κ3) is 2.52. The molecule has 0 N–H and O–H groups in total. The number of allylic oxidation sites excluding steroid dienone is 1. The van der Waals surface area contributed by atoms with E-state index in [0.717, 1.165) is 11.6 Å². The smallest absolute Gasteiger partial charge is 0.189 e. The summed E-state index contributed by atoms with van der Waals surface area (Å²) < 4.78 is 32.1. The number of carbonyl (C=O) groups excluding carboxylic acids is 1. The van der Waals surface area contributed by atoms with Crippen LogP contribution >= 0.6 is 0 Å². The molecule has 0 spiro atoms. The first-order valence-electron chi connectivity index (χ1n) is 6.96. The van der Waals surface area contributed by atoms with Crippen molar-refractivity contribution in [1.82, 2.24) is 0 Å². The summed E-state index contributed by atoms with van der Waals surface area (Å²) in [7, 11) is 1.57. The monoisotopic (exact) mass is 300 g/mol. The second-order valence-electron chi connectivity index (χ2n) is 5.16. The van der Waals surface area contributed by atoms with Crippen LogP contribution < -0.4 is 4.74 Å². The van der Waals surface area contributed by atoms with Gasteiger partial charge >= 0.3 is 0 Å². The summed E-state index contributed by atoms with van der Waals surface area (Å²) in [6, 6.07) is 9.22. The molecule has 0 amide bonds. The van der Waals surface area contributed by atoms with E-state index in [1.807, 2.05) is 6.07 Å². The van der Waals surface area contributed by atoms with Gasteiger partial charge in [0.2, 0.25) is 0 Å². The van der Waals surface area contributed by atoms with Crippen LogP contribution in [0.5, 0.6) is 5.75 Å².